The number of nitrogens with one attached hydrogen (secondary N) is 1. The minimum atomic E-state index is 0.325. The van der Waals surface area contributed by atoms with Gasteiger partial charge in [-0.15, -0.1) is 0 Å². The third-order valence-corrected chi connectivity index (χ3v) is 5.85. The van der Waals surface area contributed by atoms with E-state index in [1.807, 2.05) is 6.20 Å². The summed E-state index contributed by atoms with van der Waals surface area (Å²) in [7, 11) is 0. The zero-order valence-electron chi connectivity index (χ0n) is 14.5. The Kier molecular flexibility index (Phi) is 4.88. The maximum atomic E-state index is 9.81. The van der Waals surface area contributed by atoms with E-state index < -0.39 is 0 Å². The molecule has 0 radical (unpaired) electrons. The van der Waals surface area contributed by atoms with Gasteiger partial charge in [0.25, 0.3) is 0 Å². The van der Waals surface area contributed by atoms with Gasteiger partial charge >= 0.3 is 0 Å². The van der Waals surface area contributed by atoms with Gasteiger partial charge in [0.2, 0.25) is 0 Å². The number of hydrogen-bond acceptors (Lipinski definition) is 3. The SMILES string of the molecule is OC[C@@H]1CN(Cc2ccc3[nH]ccc3c2)C[C@@H]1CN1CCCCC1. The molecule has 4 rings (SSSR count). The maximum Gasteiger partial charge on any atom is 0.0475 e. The van der Waals surface area contributed by atoms with Gasteiger partial charge in [0.1, 0.15) is 0 Å². The number of aromatic amines is 1. The van der Waals surface area contributed by atoms with Crippen LogP contribution in [0, 0.1) is 11.8 Å². The van der Waals surface area contributed by atoms with Crippen LogP contribution in [0.2, 0.25) is 0 Å². The molecule has 0 saturated carbocycles. The van der Waals surface area contributed by atoms with Gasteiger partial charge in [-0.2, -0.15) is 0 Å². The third kappa shape index (κ3) is 3.51. The van der Waals surface area contributed by atoms with E-state index in [1.165, 1.54) is 55.4 Å². The van der Waals surface area contributed by atoms with Crippen LogP contribution in [0.3, 0.4) is 0 Å². The minimum absolute atomic E-state index is 0.325. The molecule has 2 saturated heterocycles. The molecule has 1 aromatic heterocycles. The Morgan fingerprint density at radius 2 is 1.83 bits per heavy atom. The molecular weight excluding hydrogens is 298 g/mol. The molecule has 2 aromatic rings. The highest BCUT2D eigenvalue weighted by molar-refractivity contribution is 5.79. The zero-order chi connectivity index (χ0) is 16.4. The average Bonchev–Trinajstić information content (AvgIpc) is 3.22. The second-order valence-corrected chi connectivity index (χ2v) is 7.66. The molecule has 0 amide bonds. The highest BCUT2D eigenvalue weighted by Crippen LogP contribution is 2.27. The van der Waals surface area contributed by atoms with Crippen LogP contribution in [0.4, 0.5) is 0 Å². The molecule has 0 aliphatic carbocycles. The van der Waals surface area contributed by atoms with Crippen molar-refractivity contribution in [1.29, 1.82) is 0 Å². The summed E-state index contributed by atoms with van der Waals surface area (Å²) in [5.41, 5.74) is 2.58. The first-order valence-corrected chi connectivity index (χ1v) is 9.43. The number of aliphatic hydroxyl groups is 1. The summed E-state index contributed by atoms with van der Waals surface area (Å²) >= 11 is 0. The number of nitrogens with zero attached hydrogens (tertiary/aromatic N) is 2. The van der Waals surface area contributed by atoms with Gasteiger partial charge in [-0.05, 0) is 66.9 Å². The van der Waals surface area contributed by atoms with Gasteiger partial charge in [0.05, 0.1) is 0 Å². The molecule has 0 bridgehead atoms. The Bertz CT molecular complexity index is 662. The van der Waals surface area contributed by atoms with Gasteiger partial charge in [-0.1, -0.05) is 12.5 Å². The third-order valence-electron chi connectivity index (χ3n) is 5.85. The molecule has 2 aliphatic rings. The van der Waals surface area contributed by atoms with E-state index >= 15 is 0 Å². The number of likely N-dealkylation sites (tertiary alicyclic amines) is 2. The number of aliphatic hydroxyl groups excluding tert-OH is 1. The molecule has 2 aliphatic heterocycles. The second-order valence-electron chi connectivity index (χ2n) is 7.66. The Morgan fingerprint density at radius 1 is 1.00 bits per heavy atom. The molecule has 24 heavy (non-hydrogen) atoms. The Balaban J connectivity index is 1.38. The maximum absolute atomic E-state index is 9.81. The lowest BCUT2D eigenvalue weighted by Crippen LogP contribution is -2.37. The van der Waals surface area contributed by atoms with Crippen molar-refractivity contribution < 1.29 is 5.11 Å². The van der Waals surface area contributed by atoms with Crippen LogP contribution in [-0.2, 0) is 6.54 Å². The molecule has 4 nitrogen and oxygen atoms in total. The average molecular weight is 327 g/mol. The lowest BCUT2D eigenvalue weighted by molar-refractivity contribution is 0.149. The summed E-state index contributed by atoms with van der Waals surface area (Å²) in [6.45, 7) is 7.13. The van der Waals surface area contributed by atoms with E-state index in [2.05, 4.69) is 39.0 Å². The van der Waals surface area contributed by atoms with Crippen LogP contribution in [-0.4, -0.2) is 59.2 Å². The summed E-state index contributed by atoms with van der Waals surface area (Å²) in [6.07, 6.45) is 6.08. The first-order valence-electron chi connectivity index (χ1n) is 9.43. The smallest absolute Gasteiger partial charge is 0.0475 e. The first-order chi connectivity index (χ1) is 11.8. The monoisotopic (exact) mass is 327 g/mol. The first kappa shape index (κ1) is 16.1. The van der Waals surface area contributed by atoms with Crippen molar-refractivity contribution in [3.8, 4) is 0 Å². The van der Waals surface area contributed by atoms with Crippen LogP contribution in [0.15, 0.2) is 30.5 Å². The fourth-order valence-electron chi connectivity index (χ4n) is 4.51. The number of rotatable bonds is 5. The quantitative estimate of drug-likeness (QED) is 0.887. The number of H-pyrrole nitrogens is 1. The number of aromatic nitrogens is 1. The van der Waals surface area contributed by atoms with E-state index in [0.29, 0.717) is 18.4 Å². The highest BCUT2D eigenvalue weighted by atomic mass is 16.3. The van der Waals surface area contributed by atoms with Crippen molar-refractivity contribution in [2.24, 2.45) is 11.8 Å². The topological polar surface area (TPSA) is 42.5 Å². The van der Waals surface area contributed by atoms with Crippen LogP contribution < -0.4 is 0 Å². The van der Waals surface area contributed by atoms with Crippen molar-refractivity contribution in [1.82, 2.24) is 14.8 Å². The summed E-state index contributed by atoms with van der Waals surface area (Å²) in [5, 5.41) is 11.1. The molecule has 1 aromatic carbocycles. The van der Waals surface area contributed by atoms with E-state index in [1.54, 1.807) is 0 Å². The van der Waals surface area contributed by atoms with Crippen molar-refractivity contribution >= 4 is 10.9 Å². The summed E-state index contributed by atoms with van der Waals surface area (Å²) < 4.78 is 0. The zero-order valence-corrected chi connectivity index (χ0v) is 14.5. The largest absolute Gasteiger partial charge is 0.396 e. The fraction of sp³-hybridized carbons (Fsp3) is 0.600. The number of hydrogen-bond donors (Lipinski definition) is 2. The van der Waals surface area contributed by atoms with Crippen LogP contribution in [0.1, 0.15) is 24.8 Å². The van der Waals surface area contributed by atoms with E-state index in [9.17, 15) is 5.11 Å². The standard InChI is InChI=1S/C20H29N3O/c24-15-19-14-23(13-18(19)12-22-8-2-1-3-9-22)11-16-4-5-20-17(10-16)6-7-21-20/h4-7,10,18-19,21,24H,1-3,8-9,11-15H2/t18-,19-/m0/s1. The lowest BCUT2D eigenvalue weighted by atomic mass is 9.95. The number of fused-ring (bicyclic) bond motifs is 1. The number of benzene rings is 1. The Labute approximate surface area is 144 Å². The number of piperidine rings is 1. The molecule has 3 heterocycles. The van der Waals surface area contributed by atoms with Crippen molar-refractivity contribution in [2.45, 2.75) is 25.8 Å². The van der Waals surface area contributed by atoms with Crippen LogP contribution >= 0.6 is 0 Å². The molecule has 130 valence electrons. The van der Waals surface area contributed by atoms with Crippen molar-refractivity contribution in [3.05, 3.63) is 36.0 Å². The summed E-state index contributed by atoms with van der Waals surface area (Å²) in [6, 6.07) is 8.83. The van der Waals surface area contributed by atoms with Crippen molar-refractivity contribution in [3.63, 3.8) is 0 Å². The van der Waals surface area contributed by atoms with Gasteiger partial charge in [0, 0.05) is 44.5 Å². The van der Waals surface area contributed by atoms with Crippen LogP contribution in [0.5, 0.6) is 0 Å². The highest BCUT2D eigenvalue weighted by Gasteiger charge is 2.33. The van der Waals surface area contributed by atoms with Gasteiger partial charge in [0.15, 0.2) is 0 Å². The predicted octanol–water partition coefficient (Wildman–Crippen LogP) is 2.69. The molecular formula is C20H29N3O. The molecule has 0 unspecified atom stereocenters. The Morgan fingerprint density at radius 3 is 2.67 bits per heavy atom. The molecule has 2 fully saturated rings. The molecule has 2 N–H and O–H groups in total. The Hall–Kier alpha value is -1.36. The fourth-order valence-corrected chi connectivity index (χ4v) is 4.51. The predicted molar refractivity (Wildman–Crippen MR) is 97.9 cm³/mol. The summed E-state index contributed by atoms with van der Waals surface area (Å²) in [4.78, 5) is 8.41. The molecule has 4 heteroatoms. The minimum Gasteiger partial charge on any atom is -0.396 e. The summed E-state index contributed by atoms with van der Waals surface area (Å²) in [5.74, 6) is 1.05. The molecule has 0 spiro atoms. The molecule has 2 atom stereocenters. The van der Waals surface area contributed by atoms with Gasteiger partial charge in [-0.25, -0.2) is 0 Å². The van der Waals surface area contributed by atoms with Gasteiger partial charge in [-0.3, -0.25) is 4.90 Å². The van der Waals surface area contributed by atoms with E-state index in [4.69, 9.17) is 0 Å². The van der Waals surface area contributed by atoms with Gasteiger partial charge < -0.3 is 15.0 Å². The normalized spacial score (nSPS) is 26.4. The van der Waals surface area contributed by atoms with E-state index in [-0.39, 0.29) is 0 Å². The lowest BCUT2D eigenvalue weighted by Gasteiger charge is -2.30. The second kappa shape index (κ2) is 7.26. The van der Waals surface area contributed by atoms with E-state index in [0.717, 1.165) is 19.6 Å². The van der Waals surface area contributed by atoms with Crippen LogP contribution in [0.25, 0.3) is 10.9 Å². The van der Waals surface area contributed by atoms with Crippen molar-refractivity contribution in [2.75, 3.05) is 39.3 Å².